The van der Waals surface area contributed by atoms with Crippen LogP contribution in [0.15, 0.2) is 10.6 Å². The number of halogens is 1. The van der Waals surface area contributed by atoms with E-state index in [4.69, 9.17) is 14.0 Å². The highest BCUT2D eigenvalue weighted by Gasteiger charge is 2.26. The van der Waals surface area contributed by atoms with Crippen LogP contribution in [0, 0.1) is 0 Å². The molecule has 0 aliphatic carbocycles. The van der Waals surface area contributed by atoms with Gasteiger partial charge in [-0.25, -0.2) is 0 Å². The number of hydrogen-bond acceptors (Lipinski definition) is 5. The second-order valence-electron chi connectivity index (χ2n) is 4.01. The lowest BCUT2D eigenvalue weighted by Crippen LogP contribution is -2.46. The summed E-state index contributed by atoms with van der Waals surface area (Å²) in [4.78, 5) is 13.9. The Balaban J connectivity index is 2.00. The van der Waals surface area contributed by atoms with Crippen molar-refractivity contribution < 1.29 is 18.8 Å². The van der Waals surface area contributed by atoms with Crippen molar-refractivity contribution in [2.45, 2.75) is 12.7 Å². The summed E-state index contributed by atoms with van der Waals surface area (Å²) < 4.78 is 15.4. The highest BCUT2D eigenvalue weighted by atomic mass is 79.9. The van der Waals surface area contributed by atoms with Gasteiger partial charge in [-0.2, -0.15) is 0 Å². The summed E-state index contributed by atoms with van der Waals surface area (Å²) >= 11 is 3.35. The van der Waals surface area contributed by atoms with Crippen LogP contribution < -0.4 is 0 Å². The monoisotopic (exact) mass is 318 g/mol. The van der Waals surface area contributed by atoms with E-state index in [2.05, 4.69) is 21.1 Å². The summed E-state index contributed by atoms with van der Waals surface area (Å²) in [5.74, 6) is 0.418. The van der Waals surface area contributed by atoms with Crippen LogP contribution in [-0.2, 0) is 16.1 Å². The zero-order valence-corrected chi connectivity index (χ0v) is 11.7. The van der Waals surface area contributed by atoms with Crippen molar-refractivity contribution in [1.82, 2.24) is 10.1 Å². The summed E-state index contributed by atoms with van der Waals surface area (Å²) in [7, 11) is 1.56. The Bertz CT molecular complexity index is 410. The minimum absolute atomic E-state index is 0.0352. The van der Waals surface area contributed by atoms with Gasteiger partial charge in [0.2, 0.25) is 0 Å². The molecule has 1 aromatic rings. The Morgan fingerprint density at radius 2 is 2.56 bits per heavy atom. The summed E-state index contributed by atoms with van der Waals surface area (Å²) in [5.41, 5.74) is 0.317. The number of alkyl halides is 1. The van der Waals surface area contributed by atoms with Crippen LogP contribution in [-0.4, -0.2) is 54.2 Å². The molecule has 0 bridgehead atoms. The lowest BCUT2D eigenvalue weighted by atomic mass is 10.2. The zero-order chi connectivity index (χ0) is 13.0. The van der Waals surface area contributed by atoms with Crippen molar-refractivity contribution in [2.75, 3.05) is 32.1 Å². The SMILES string of the molecule is COCc1cc(C(=O)N2CCOC(CBr)C2)no1. The molecule has 0 N–H and O–H groups in total. The summed E-state index contributed by atoms with van der Waals surface area (Å²) in [5, 5.41) is 4.47. The molecule has 2 heterocycles. The van der Waals surface area contributed by atoms with E-state index < -0.39 is 0 Å². The van der Waals surface area contributed by atoms with E-state index in [1.165, 1.54) is 0 Å². The van der Waals surface area contributed by atoms with E-state index in [0.29, 0.717) is 43.1 Å². The van der Waals surface area contributed by atoms with Crippen LogP contribution in [0.4, 0.5) is 0 Å². The molecule has 1 atom stereocenters. The number of ether oxygens (including phenoxy) is 2. The third kappa shape index (κ3) is 3.09. The summed E-state index contributed by atoms with van der Waals surface area (Å²) in [6.45, 7) is 2.00. The largest absolute Gasteiger partial charge is 0.377 e. The fourth-order valence-corrected chi connectivity index (χ4v) is 2.17. The molecule has 7 heteroatoms. The maximum atomic E-state index is 12.2. The van der Waals surface area contributed by atoms with Crippen LogP contribution in [0.25, 0.3) is 0 Å². The molecule has 1 aromatic heterocycles. The van der Waals surface area contributed by atoms with Gasteiger partial charge in [0.1, 0.15) is 6.61 Å². The van der Waals surface area contributed by atoms with E-state index in [-0.39, 0.29) is 12.0 Å². The van der Waals surface area contributed by atoms with Crippen LogP contribution in [0.2, 0.25) is 0 Å². The van der Waals surface area contributed by atoms with Gasteiger partial charge in [-0.1, -0.05) is 21.1 Å². The number of hydrogen-bond donors (Lipinski definition) is 0. The van der Waals surface area contributed by atoms with Gasteiger partial charge in [-0.3, -0.25) is 4.79 Å². The first-order chi connectivity index (χ1) is 8.74. The van der Waals surface area contributed by atoms with Crippen molar-refractivity contribution >= 4 is 21.8 Å². The molecule has 1 aliphatic rings. The van der Waals surface area contributed by atoms with E-state index >= 15 is 0 Å². The number of carbonyl (C=O) groups excluding carboxylic acids is 1. The molecule has 0 spiro atoms. The molecule has 0 aromatic carbocycles. The third-order valence-corrected chi connectivity index (χ3v) is 3.38. The number of morpholine rings is 1. The molecule has 6 nitrogen and oxygen atoms in total. The lowest BCUT2D eigenvalue weighted by molar-refractivity contribution is -0.0100. The molecule has 100 valence electrons. The smallest absolute Gasteiger partial charge is 0.276 e. The molecule has 1 saturated heterocycles. The van der Waals surface area contributed by atoms with Crippen LogP contribution >= 0.6 is 15.9 Å². The Kier molecular flexibility index (Phi) is 4.73. The molecular weight excluding hydrogens is 304 g/mol. The first-order valence-corrected chi connectivity index (χ1v) is 6.78. The van der Waals surface area contributed by atoms with Gasteiger partial charge in [0.05, 0.1) is 12.7 Å². The van der Waals surface area contributed by atoms with Crippen molar-refractivity contribution in [2.24, 2.45) is 0 Å². The molecule has 1 aliphatic heterocycles. The molecule has 1 fully saturated rings. The van der Waals surface area contributed by atoms with Gasteiger partial charge < -0.3 is 18.9 Å². The molecule has 0 radical (unpaired) electrons. The second kappa shape index (κ2) is 6.31. The fourth-order valence-electron chi connectivity index (χ4n) is 1.78. The number of carbonyl (C=O) groups is 1. The first-order valence-electron chi connectivity index (χ1n) is 5.66. The van der Waals surface area contributed by atoms with Gasteiger partial charge in [0, 0.05) is 31.6 Å². The molecule has 1 amide bonds. The van der Waals surface area contributed by atoms with Crippen molar-refractivity contribution in [3.8, 4) is 0 Å². The Hall–Kier alpha value is -0.920. The molecule has 2 rings (SSSR count). The predicted molar refractivity (Wildman–Crippen MR) is 66.7 cm³/mol. The summed E-state index contributed by atoms with van der Waals surface area (Å²) in [6, 6.07) is 1.62. The van der Waals surface area contributed by atoms with E-state index in [1.807, 2.05) is 0 Å². The van der Waals surface area contributed by atoms with Crippen LogP contribution in [0.5, 0.6) is 0 Å². The maximum absolute atomic E-state index is 12.2. The quantitative estimate of drug-likeness (QED) is 0.777. The minimum Gasteiger partial charge on any atom is -0.377 e. The number of rotatable bonds is 4. The average Bonchev–Trinajstić information content (AvgIpc) is 2.87. The van der Waals surface area contributed by atoms with Crippen molar-refractivity contribution in [3.63, 3.8) is 0 Å². The topological polar surface area (TPSA) is 64.8 Å². The predicted octanol–water partition coefficient (Wildman–Crippen LogP) is 1.06. The van der Waals surface area contributed by atoms with Gasteiger partial charge in [0.25, 0.3) is 5.91 Å². The summed E-state index contributed by atoms with van der Waals surface area (Å²) in [6.07, 6.45) is 0.0352. The molecule has 18 heavy (non-hydrogen) atoms. The van der Waals surface area contributed by atoms with E-state index in [1.54, 1.807) is 18.1 Å². The standard InChI is InChI=1S/C11H15BrN2O4/c1-16-7-8-4-10(13-18-8)11(15)14-2-3-17-9(5-12)6-14/h4,9H,2-3,5-7H2,1H3. The Morgan fingerprint density at radius 3 is 3.28 bits per heavy atom. The van der Waals surface area contributed by atoms with E-state index in [0.717, 1.165) is 0 Å². The number of amides is 1. The first kappa shape index (κ1) is 13.5. The van der Waals surface area contributed by atoms with Gasteiger partial charge in [0.15, 0.2) is 11.5 Å². The van der Waals surface area contributed by atoms with Gasteiger partial charge >= 0.3 is 0 Å². The highest BCUT2D eigenvalue weighted by molar-refractivity contribution is 9.09. The third-order valence-electron chi connectivity index (χ3n) is 2.66. The Labute approximate surface area is 113 Å². The lowest BCUT2D eigenvalue weighted by Gasteiger charge is -2.31. The number of aromatic nitrogens is 1. The number of methoxy groups -OCH3 is 1. The Morgan fingerprint density at radius 1 is 1.72 bits per heavy atom. The van der Waals surface area contributed by atoms with Crippen LogP contribution in [0.1, 0.15) is 16.2 Å². The molecule has 1 unspecified atom stereocenters. The molecular formula is C11H15BrN2O4. The normalized spacial score (nSPS) is 20.1. The maximum Gasteiger partial charge on any atom is 0.276 e. The van der Waals surface area contributed by atoms with Gasteiger partial charge in [-0.05, 0) is 0 Å². The highest BCUT2D eigenvalue weighted by Crippen LogP contribution is 2.13. The fraction of sp³-hybridized carbons (Fsp3) is 0.636. The molecule has 0 saturated carbocycles. The van der Waals surface area contributed by atoms with E-state index in [9.17, 15) is 4.79 Å². The number of nitrogens with zero attached hydrogens (tertiary/aromatic N) is 2. The van der Waals surface area contributed by atoms with Crippen molar-refractivity contribution in [3.05, 3.63) is 17.5 Å². The second-order valence-corrected chi connectivity index (χ2v) is 4.66. The minimum atomic E-state index is -0.129. The van der Waals surface area contributed by atoms with Crippen molar-refractivity contribution in [1.29, 1.82) is 0 Å². The van der Waals surface area contributed by atoms with Gasteiger partial charge in [-0.15, -0.1) is 0 Å². The van der Waals surface area contributed by atoms with Crippen LogP contribution in [0.3, 0.4) is 0 Å². The average molecular weight is 319 g/mol. The zero-order valence-electron chi connectivity index (χ0n) is 10.1.